The second-order valence-corrected chi connectivity index (χ2v) is 7.57. The van der Waals surface area contributed by atoms with Gasteiger partial charge in [0, 0.05) is 25.7 Å². The maximum atomic E-state index is 12.4. The molecule has 1 fully saturated rings. The topological polar surface area (TPSA) is 93.1 Å². The van der Waals surface area contributed by atoms with Crippen LogP contribution in [0.2, 0.25) is 0 Å². The molecule has 0 spiro atoms. The molecule has 156 valence electrons. The molecule has 3 aromatic rings. The number of likely N-dealkylation sites (tertiary alicyclic amines) is 1. The lowest BCUT2D eigenvalue weighted by Gasteiger charge is -2.31. The Morgan fingerprint density at radius 3 is 2.73 bits per heavy atom. The van der Waals surface area contributed by atoms with Crippen molar-refractivity contribution in [2.75, 3.05) is 19.7 Å². The highest BCUT2D eigenvalue weighted by Crippen LogP contribution is 2.22. The zero-order valence-electron chi connectivity index (χ0n) is 17.0. The molecule has 0 aliphatic carbocycles. The van der Waals surface area contributed by atoms with Crippen molar-refractivity contribution in [2.24, 2.45) is 5.92 Å². The summed E-state index contributed by atoms with van der Waals surface area (Å²) in [5.41, 5.74) is 1.65. The van der Waals surface area contributed by atoms with E-state index in [0.29, 0.717) is 31.2 Å². The van der Waals surface area contributed by atoms with Crippen LogP contribution >= 0.6 is 0 Å². The molecule has 1 aromatic carbocycles. The summed E-state index contributed by atoms with van der Waals surface area (Å²) in [7, 11) is 0. The van der Waals surface area contributed by atoms with E-state index < -0.39 is 0 Å². The summed E-state index contributed by atoms with van der Waals surface area (Å²) < 4.78 is 7.18. The van der Waals surface area contributed by atoms with Gasteiger partial charge in [0.05, 0.1) is 11.9 Å². The van der Waals surface area contributed by atoms with Crippen molar-refractivity contribution in [2.45, 2.75) is 26.2 Å². The average molecular weight is 407 g/mol. The number of nitrogens with one attached hydrogen (secondary N) is 1. The highest BCUT2D eigenvalue weighted by atomic mass is 16.5. The summed E-state index contributed by atoms with van der Waals surface area (Å²) in [4.78, 5) is 30.6. The first kappa shape index (κ1) is 19.9. The number of hydrogen-bond donors (Lipinski definition) is 1. The summed E-state index contributed by atoms with van der Waals surface area (Å²) in [6.45, 7) is 3.36. The number of carbonyl (C=O) groups is 1. The van der Waals surface area contributed by atoms with E-state index >= 15 is 0 Å². The van der Waals surface area contributed by atoms with Crippen molar-refractivity contribution in [3.8, 4) is 11.4 Å². The lowest BCUT2D eigenvalue weighted by molar-refractivity contribution is -0.134. The molecule has 0 unspecified atom stereocenters. The average Bonchev–Trinajstić information content (AvgIpc) is 3.13. The van der Waals surface area contributed by atoms with Crippen molar-refractivity contribution >= 4 is 5.91 Å². The third kappa shape index (κ3) is 4.42. The van der Waals surface area contributed by atoms with Crippen LogP contribution in [0.5, 0.6) is 5.75 Å². The molecule has 4 rings (SSSR count). The van der Waals surface area contributed by atoms with Gasteiger partial charge in [0.2, 0.25) is 0 Å². The van der Waals surface area contributed by atoms with E-state index in [1.165, 1.54) is 0 Å². The van der Waals surface area contributed by atoms with Gasteiger partial charge in [-0.3, -0.25) is 9.78 Å². The van der Waals surface area contributed by atoms with Crippen LogP contribution in [0.3, 0.4) is 0 Å². The predicted octanol–water partition coefficient (Wildman–Crippen LogP) is 2.12. The molecular formula is C22H25N5O3. The number of aryl methyl sites for hydroxylation is 1. The molecule has 1 N–H and O–H groups in total. The van der Waals surface area contributed by atoms with Gasteiger partial charge in [-0.1, -0.05) is 18.2 Å². The summed E-state index contributed by atoms with van der Waals surface area (Å²) in [6.07, 6.45) is 5.69. The Labute approximate surface area is 174 Å². The van der Waals surface area contributed by atoms with Gasteiger partial charge >= 0.3 is 5.69 Å². The Balaban J connectivity index is 1.34. The van der Waals surface area contributed by atoms with Crippen molar-refractivity contribution in [3.63, 3.8) is 0 Å². The van der Waals surface area contributed by atoms with Crippen LogP contribution in [0.15, 0.2) is 53.6 Å². The molecule has 0 atom stereocenters. The highest BCUT2D eigenvalue weighted by Gasteiger charge is 2.25. The van der Waals surface area contributed by atoms with Gasteiger partial charge in [0.1, 0.15) is 11.6 Å². The summed E-state index contributed by atoms with van der Waals surface area (Å²) in [6, 6.07) is 11.3. The third-order valence-electron chi connectivity index (χ3n) is 5.53. The van der Waals surface area contributed by atoms with Crippen LogP contribution in [0.25, 0.3) is 5.69 Å². The van der Waals surface area contributed by atoms with Gasteiger partial charge < -0.3 is 9.64 Å². The monoisotopic (exact) mass is 407 g/mol. The number of aromatic nitrogens is 4. The number of piperidine rings is 1. The number of nitrogens with zero attached hydrogens (tertiary/aromatic N) is 4. The van der Waals surface area contributed by atoms with E-state index in [9.17, 15) is 9.59 Å². The lowest BCUT2D eigenvalue weighted by atomic mass is 9.93. The van der Waals surface area contributed by atoms with E-state index in [-0.39, 0.29) is 18.2 Å². The number of ether oxygens (including phenoxy) is 1. The zero-order chi connectivity index (χ0) is 20.9. The maximum Gasteiger partial charge on any atom is 0.347 e. The minimum atomic E-state index is -0.223. The van der Waals surface area contributed by atoms with E-state index in [1.807, 2.05) is 36.1 Å². The minimum Gasteiger partial charge on any atom is -0.482 e. The number of aromatic amines is 1. The standard InChI is InChI=1S/C22H25N5O3/c1-16-5-2-3-7-19(16)27-20(24-25-22(27)29)13-17-8-11-26(12-9-17)21(28)15-30-18-6-4-10-23-14-18/h2-7,10,14,17H,8-9,11-13,15H2,1H3,(H,25,29). The fourth-order valence-corrected chi connectivity index (χ4v) is 3.84. The Morgan fingerprint density at radius 1 is 1.20 bits per heavy atom. The third-order valence-corrected chi connectivity index (χ3v) is 5.53. The van der Waals surface area contributed by atoms with Crippen LogP contribution in [0.4, 0.5) is 0 Å². The number of para-hydroxylation sites is 1. The van der Waals surface area contributed by atoms with Gasteiger partial charge in [0.25, 0.3) is 5.91 Å². The molecule has 1 amide bonds. The Kier molecular flexibility index (Phi) is 5.92. The predicted molar refractivity (Wildman–Crippen MR) is 112 cm³/mol. The molecule has 0 radical (unpaired) electrons. The number of carbonyl (C=O) groups excluding carboxylic acids is 1. The fraction of sp³-hybridized carbons (Fsp3) is 0.364. The zero-order valence-corrected chi connectivity index (χ0v) is 17.0. The summed E-state index contributed by atoms with van der Waals surface area (Å²) in [5, 5.41) is 6.85. The molecule has 2 aromatic heterocycles. The van der Waals surface area contributed by atoms with E-state index in [2.05, 4.69) is 15.2 Å². The summed E-state index contributed by atoms with van der Waals surface area (Å²) in [5.74, 6) is 1.67. The number of hydrogen-bond acceptors (Lipinski definition) is 5. The smallest absolute Gasteiger partial charge is 0.347 e. The Bertz CT molecular complexity index is 1050. The molecule has 3 heterocycles. The molecule has 0 bridgehead atoms. The van der Waals surface area contributed by atoms with Crippen LogP contribution in [-0.2, 0) is 11.2 Å². The molecule has 0 saturated carbocycles. The number of amides is 1. The second kappa shape index (κ2) is 8.94. The maximum absolute atomic E-state index is 12.4. The highest BCUT2D eigenvalue weighted by molar-refractivity contribution is 5.77. The van der Waals surface area contributed by atoms with Crippen LogP contribution in [-0.4, -0.2) is 50.3 Å². The van der Waals surface area contributed by atoms with E-state index in [0.717, 1.165) is 29.9 Å². The van der Waals surface area contributed by atoms with Crippen molar-refractivity contribution in [3.05, 3.63) is 70.7 Å². The largest absolute Gasteiger partial charge is 0.482 e. The number of pyridine rings is 1. The fourth-order valence-electron chi connectivity index (χ4n) is 3.84. The first-order chi connectivity index (χ1) is 14.6. The molecule has 1 aliphatic rings. The number of rotatable bonds is 6. The Hall–Kier alpha value is -3.42. The SMILES string of the molecule is Cc1ccccc1-n1c(CC2CCN(C(=O)COc3cccnc3)CC2)n[nH]c1=O. The van der Waals surface area contributed by atoms with Crippen molar-refractivity contribution < 1.29 is 9.53 Å². The van der Waals surface area contributed by atoms with Gasteiger partial charge in [-0.25, -0.2) is 14.5 Å². The van der Waals surface area contributed by atoms with Crippen LogP contribution in [0, 0.1) is 12.8 Å². The normalized spacial score (nSPS) is 14.6. The molecule has 1 aliphatic heterocycles. The van der Waals surface area contributed by atoms with Gasteiger partial charge in [-0.2, -0.15) is 5.10 Å². The van der Waals surface area contributed by atoms with Gasteiger partial charge in [0.15, 0.2) is 6.61 Å². The Morgan fingerprint density at radius 2 is 2.00 bits per heavy atom. The lowest BCUT2D eigenvalue weighted by Crippen LogP contribution is -2.41. The molecule has 8 nitrogen and oxygen atoms in total. The van der Waals surface area contributed by atoms with Crippen LogP contribution < -0.4 is 10.4 Å². The van der Waals surface area contributed by atoms with E-state index in [1.54, 1.807) is 29.1 Å². The molecular weight excluding hydrogens is 382 g/mol. The number of H-pyrrole nitrogens is 1. The molecule has 1 saturated heterocycles. The van der Waals surface area contributed by atoms with Crippen LogP contribution in [0.1, 0.15) is 24.2 Å². The van der Waals surface area contributed by atoms with Gasteiger partial charge in [-0.15, -0.1) is 0 Å². The minimum absolute atomic E-state index is 0.0164. The number of benzene rings is 1. The first-order valence-corrected chi connectivity index (χ1v) is 10.1. The van der Waals surface area contributed by atoms with E-state index in [4.69, 9.17) is 4.74 Å². The quantitative estimate of drug-likeness (QED) is 0.676. The van der Waals surface area contributed by atoms with Gasteiger partial charge in [-0.05, 0) is 49.4 Å². The summed E-state index contributed by atoms with van der Waals surface area (Å²) >= 11 is 0. The van der Waals surface area contributed by atoms with Crippen molar-refractivity contribution in [1.82, 2.24) is 24.6 Å². The first-order valence-electron chi connectivity index (χ1n) is 10.1. The molecule has 8 heteroatoms. The second-order valence-electron chi connectivity index (χ2n) is 7.57. The van der Waals surface area contributed by atoms with Crippen molar-refractivity contribution in [1.29, 1.82) is 0 Å². The molecule has 30 heavy (non-hydrogen) atoms.